The van der Waals surface area contributed by atoms with E-state index in [0.717, 1.165) is 26.6 Å². The van der Waals surface area contributed by atoms with Crippen LogP contribution in [0.25, 0.3) is 0 Å². The van der Waals surface area contributed by atoms with Crippen molar-refractivity contribution in [3.8, 4) is 0 Å². The van der Waals surface area contributed by atoms with Crippen LogP contribution in [0.15, 0.2) is 117 Å². The Morgan fingerprint density at radius 1 is 0.392 bits per heavy atom. The van der Waals surface area contributed by atoms with Gasteiger partial charge in [-0.2, -0.15) is 8.61 Å². The summed E-state index contributed by atoms with van der Waals surface area (Å²) in [6, 6.07) is 23.7. The Kier molecular flexibility index (Phi) is 13.0. The van der Waals surface area contributed by atoms with Crippen LogP contribution in [0.1, 0.15) is 28.7 Å². The number of nitrogens with zero attached hydrogens (tertiary/aromatic N) is 3. The first-order valence-electron chi connectivity index (χ1n) is 16.2. The lowest BCUT2D eigenvalue weighted by Gasteiger charge is -2.28. The van der Waals surface area contributed by atoms with Crippen LogP contribution < -0.4 is 5.73 Å². The molecule has 0 aliphatic rings. The Labute approximate surface area is 302 Å². The molecule has 12 nitrogen and oxygen atoms in total. The predicted molar refractivity (Wildman–Crippen MR) is 197 cm³/mol. The number of benzene rings is 4. The molecule has 51 heavy (non-hydrogen) atoms. The van der Waals surface area contributed by atoms with Gasteiger partial charge >= 0.3 is 0 Å². The predicted octanol–water partition coefficient (Wildman–Crippen LogP) is 4.03. The lowest BCUT2D eigenvalue weighted by atomic mass is 10.2. The zero-order valence-electron chi connectivity index (χ0n) is 29.0. The number of hydrogen-bond donors (Lipinski definition) is 1. The first kappa shape index (κ1) is 40.3. The summed E-state index contributed by atoms with van der Waals surface area (Å²) in [5.41, 5.74) is 8.95. The van der Waals surface area contributed by atoms with Crippen LogP contribution in [0.2, 0.25) is 0 Å². The van der Waals surface area contributed by atoms with Crippen molar-refractivity contribution >= 4 is 40.1 Å². The van der Waals surface area contributed by atoms with Crippen LogP contribution in [0.3, 0.4) is 0 Å². The molecule has 4 aromatic carbocycles. The fraction of sp³-hybridized carbons (Fsp3) is 0.314. The van der Waals surface area contributed by atoms with Gasteiger partial charge in [-0.05, 0) is 82.6 Å². The molecule has 0 aromatic heterocycles. The van der Waals surface area contributed by atoms with Crippen LogP contribution >= 0.6 is 0 Å². The monoisotopic (exact) mass is 776 g/mol. The fourth-order valence-electron chi connectivity index (χ4n) is 5.21. The Morgan fingerprint density at radius 2 is 0.667 bits per heavy atom. The van der Waals surface area contributed by atoms with Crippen LogP contribution in [-0.4, -0.2) is 85.3 Å². The molecule has 276 valence electrons. The highest BCUT2D eigenvalue weighted by Gasteiger charge is 2.38. The topological polar surface area (TPSA) is 172 Å². The summed E-state index contributed by atoms with van der Waals surface area (Å²) in [7, 11) is -17.7. The zero-order chi connectivity index (χ0) is 37.6. The average Bonchev–Trinajstić information content (AvgIpc) is 3.07. The molecule has 0 atom stereocenters. The molecule has 0 saturated carbocycles. The fourth-order valence-corrected chi connectivity index (χ4v) is 11.8. The molecule has 0 spiro atoms. The van der Waals surface area contributed by atoms with E-state index in [1.807, 2.05) is 6.92 Å². The first-order chi connectivity index (χ1) is 23.9. The molecule has 2 N–H and O–H groups in total. The molecule has 0 radical (unpaired) electrons. The third kappa shape index (κ3) is 9.50. The largest absolute Gasteiger partial charge is 0.329 e. The third-order valence-electron chi connectivity index (χ3n) is 8.22. The highest BCUT2D eigenvalue weighted by Crippen LogP contribution is 2.26. The summed E-state index contributed by atoms with van der Waals surface area (Å²) in [6.07, 6.45) is -0.00833. The molecule has 0 fully saturated rings. The van der Waals surface area contributed by atoms with Crippen molar-refractivity contribution in [2.45, 2.75) is 53.7 Å². The van der Waals surface area contributed by atoms with E-state index in [0.29, 0.717) is 3.71 Å². The summed E-state index contributed by atoms with van der Waals surface area (Å²) in [4.78, 5) is -0.594. The van der Waals surface area contributed by atoms with E-state index in [1.165, 1.54) is 77.1 Å². The van der Waals surface area contributed by atoms with Gasteiger partial charge in [-0.3, -0.25) is 0 Å². The number of rotatable bonds is 17. The zero-order valence-corrected chi connectivity index (χ0v) is 32.3. The lowest BCUT2D eigenvalue weighted by molar-refractivity contribution is 0.352. The summed E-state index contributed by atoms with van der Waals surface area (Å²) in [5.74, 6) is 0. The SMILES string of the molecule is Cc1ccc(S(=O)(=O)N(CCN)CCCN(CCN(S(=O)(=O)c2ccc(C)cc2)S(=O)(=O)c2ccc(C)cc2)S(=O)(=O)c2ccc(C)cc2)cc1. The standard InChI is InChI=1S/C35H44N4O8S4/c1-28-6-14-32(15-7-28)48(40,41)37(25-22-36)23-5-24-38(49(42,43)33-16-8-29(2)9-17-33)26-27-39(50(44,45)34-18-10-30(3)11-19-34)51(46,47)35-20-12-31(4)13-21-35/h6-21H,5,22-27,36H2,1-4H3. The van der Waals surface area contributed by atoms with Crippen molar-refractivity contribution in [2.24, 2.45) is 5.73 Å². The summed E-state index contributed by atoms with van der Waals surface area (Å²) in [5, 5.41) is 0. The average molecular weight is 777 g/mol. The second-order valence-electron chi connectivity index (χ2n) is 12.2. The maximum absolute atomic E-state index is 14.1. The summed E-state index contributed by atoms with van der Waals surface area (Å²) >= 11 is 0. The summed E-state index contributed by atoms with van der Waals surface area (Å²) < 4.78 is 114. The Bertz CT molecular complexity index is 2150. The molecule has 0 aliphatic heterocycles. The maximum Gasteiger partial charge on any atom is 0.256 e. The Balaban J connectivity index is 1.71. The van der Waals surface area contributed by atoms with Crippen LogP contribution in [0.4, 0.5) is 0 Å². The van der Waals surface area contributed by atoms with Gasteiger partial charge in [0.05, 0.1) is 19.6 Å². The Hall–Kier alpha value is -3.48. The minimum absolute atomic E-state index is 0.00833. The van der Waals surface area contributed by atoms with E-state index >= 15 is 0 Å². The molecule has 4 aromatic rings. The molecule has 0 unspecified atom stereocenters. The van der Waals surface area contributed by atoms with E-state index in [9.17, 15) is 33.7 Å². The molecule has 0 saturated heterocycles. The normalized spacial score (nSPS) is 12.9. The van der Waals surface area contributed by atoms with Gasteiger partial charge < -0.3 is 5.73 Å². The van der Waals surface area contributed by atoms with Crippen molar-refractivity contribution < 1.29 is 33.7 Å². The van der Waals surface area contributed by atoms with Gasteiger partial charge in [0.2, 0.25) is 20.0 Å². The second-order valence-corrected chi connectivity index (χ2v) is 20.0. The third-order valence-corrected chi connectivity index (χ3v) is 16.4. The second kappa shape index (κ2) is 16.5. The van der Waals surface area contributed by atoms with Crippen molar-refractivity contribution in [2.75, 3.05) is 39.3 Å². The summed E-state index contributed by atoms with van der Waals surface area (Å²) in [6.45, 7) is 5.42. The number of nitrogens with two attached hydrogens (primary N) is 1. The minimum atomic E-state index is -4.72. The van der Waals surface area contributed by atoms with E-state index in [1.54, 1.807) is 45.0 Å². The van der Waals surface area contributed by atoms with Crippen molar-refractivity contribution in [3.63, 3.8) is 0 Å². The van der Waals surface area contributed by atoms with E-state index < -0.39 is 53.2 Å². The van der Waals surface area contributed by atoms with Gasteiger partial charge in [-0.25, -0.2) is 33.7 Å². The lowest BCUT2D eigenvalue weighted by Crippen LogP contribution is -2.44. The van der Waals surface area contributed by atoms with Gasteiger partial charge in [0.25, 0.3) is 20.0 Å². The molecular formula is C35H44N4O8S4. The number of aryl methyl sites for hydroxylation is 4. The number of hydrogen-bond acceptors (Lipinski definition) is 9. The van der Waals surface area contributed by atoms with Gasteiger partial charge in [-0.1, -0.05) is 74.5 Å². The smallest absolute Gasteiger partial charge is 0.256 e. The molecular weight excluding hydrogens is 733 g/mol. The molecule has 0 aliphatic carbocycles. The van der Waals surface area contributed by atoms with Gasteiger partial charge in [0.15, 0.2) is 0 Å². The Morgan fingerprint density at radius 3 is 0.961 bits per heavy atom. The van der Waals surface area contributed by atoms with Crippen LogP contribution in [0.5, 0.6) is 0 Å². The van der Waals surface area contributed by atoms with Crippen molar-refractivity contribution in [3.05, 3.63) is 119 Å². The van der Waals surface area contributed by atoms with Crippen LogP contribution in [0, 0.1) is 27.7 Å². The van der Waals surface area contributed by atoms with E-state index in [4.69, 9.17) is 5.73 Å². The molecule has 4 rings (SSSR count). The maximum atomic E-state index is 14.1. The highest BCUT2D eigenvalue weighted by molar-refractivity contribution is 8.04. The molecule has 0 bridgehead atoms. The molecule has 0 amide bonds. The van der Waals surface area contributed by atoms with E-state index in [-0.39, 0.29) is 52.2 Å². The number of sulfonamides is 4. The minimum Gasteiger partial charge on any atom is -0.329 e. The van der Waals surface area contributed by atoms with Crippen molar-refractivity contribution in [1.82, 2.24) is 12.3 Å². The molecule has 0 heterocycles. The van der Waals surface area contributed by atoms with E-state index in [2.05, 4.69) is 0 Å². The van der Waals surface area contributed by atoms with Crippen LogP contribution in [-0.2, 0) is 40.1 Å². The van der Waals surface area contributed by atoms with Gasteiger partial charge in [0, 0.05) is 39.3 Å². The van der Waals surface area contributed by atoms with Crippen molar-refractivity contribution in [1.29, 1.82) is 0 Å². The quantitative estimate of drug-likeness (QED) is 0.166. The first-order valence-corrected chi connectivity index (χ1v) is 21.9. The highest BCUT2D eigenvalue weighted by atomic mass is 32.3. The molecule has 16 heteroatoms. The van der Waals surface area contributed by atoms with Gasteiger partial charge in [0.1, 0.15) is 0 Å². The van der Waals surface area contributed by atoms with Gasteiger partial charge in [-0.15, -0.1) is 0 Å².